The highest BCUT2D eigenvalue weighted by atomic mass is 16.5. The SMILES string of the molecule is Cc1cc(OCC(C)C)ccc1C(=O)O. The van der Waals surface area contributed by atoms with Gasteiger partial charge in [0.1, 0.15) is 5.75 Å². The molecule has 0 saturated heterocycles. The summed E-state index contributed by atoms with van der Waals surface area (Å²) < 4.78 is 5.49. The summed E-state index contributed by atoms with van der Waals surface area (Å²) >= 11 is 0. The number of carboxylic acids is 1. The second-order valence-corrected chi connectivity index (χ2v) is 3.99. The predicted octanol–water partition coefficient (Wildman–Crippen LogP) is 2.73. The van der Waals surface area contributed by atoms with Crippen molar-refractivity contribution < 1.29 is 14.6 Å². The molecule has 82 valence electrons. The highest BCUT2D eigenvalue weighted by Crippen LogP contribution is 2.17. The minimum absolute atomic E-state index is 0.326. The fraction of sp³-hybridized carbons (Fsp3) is 0.417. The molecule has 1 rings (SSSR count). The molecule has 0 atom stereocenters. The Morgan fingerprint density at radius 1 is 1.47 bits per heavy atom. The van der Waals surface area contributed by atoms with Crippen LogP contribution in [0.1, 0.15) is 29.8 Å². The van der Waals surface area contributed by atoms with Crippen LogP contribution in [-0.2, 0) is 0 Å². The molecule has 0 amide bonds. The molecule has 1 N–H and O–H groups in total. The fourth-order valence-corrected chi connectivity index (χ4v) is 1.23. The summed E-state index contributed by atoms with van der Waals surface area (Å²) in [4.78, 5) is 10.8. The first-order chi connectivity index (χ1) is 7.00. The van der Waals surface area contributed by atoms with Gasteiger partial charge in [-0.2, -0.15) is 0 Å². The second-order valence-electron chi connectivity index (χ2n) is 3.99. The maximum absolute atomic E-state index is 10.8. The first-order valence-corrected chi connectivity index (χ1v) is 4.97. The molecule has 0 aromatic heterocycles. The average molecular weight is 208 g/mol. The maximum Gasteiger partial charge on any atom is 0.335 e. The molecule has 0 saturated carbocycles. The number of ether oxygens (including phenoxy) is 1. The Morgan fingerprint density at radius 2 is 2.13 bits per heavy atom. The molecule has 0 spiro atoms. The summed E-state index contributed by atoms with van der Waals surface area (Å²) in [7, 11) is 0. The topological polar surface area (TPSA) is 46.5 Å². The third-order valence-electron chi connectivity index (χ3n) is 2.01. The van der Waals surface area contributed by atoms with Gasteiger partial charge in [-0.15, -0.1) is 0 Å². The molecular weight excluding hydrogens is 192 g/mol. The molecule has 0 unspecified atom stereocenters. The summed E-state index contributed by atoms with van der Waals surface area (Å²) in [6.07, 6.45) is 0. The number of rotatable bonds is 4. The van der Waals surface area contributed by atoms with Crippen molar-refractivity contribution >= 4 is 5.97 Å². The fourth-order valence-electron chi connectivity index (χ4n) is 1.23. The van der Waals surface area contributed by atoms with Crippen LogP contribution in [0.4, 0.5) is 0 Å². The zero-order valence-electron chi connectivity index (χ0n) is 9.28. The minimum atomic E-state index is -0.900. The van der Waals surface area contributed by atoms with Gasteiger partial charge in [0.2, 0.25) is 0 Å². The van der Waals surface area contributed by atoms with E-state index < -0.39 is 5.97 Å². The van der Waals surface area contributed by atoms with E-state index >= 15 is 0 Å². The van der Waals surface area contributed by atoms with E-state index in [2.05, 4.69) is 13.8 Å². The Balaban J connectivity index is 2.78. The molecule has 3 nitrogen and oxygen atoms in total. The number of hydrogen-bond acceptors (Lipinski definition) is 2. The van der Waals surface area contributed by atoms with Crippen molar-refractivity contribution in [3.8, 4) is 5.75 Å². The molecule has 0 heterocycles. The van der Waals surface area contributed by atoms with Crippen LogP contribution >= 0.6 is 0 Å². The van der Waals surface area contributed by atoms with E-state index in [9.17, 15) is 4.79 Å². The Bertz CT molecular complexity index is 356. The van der Waals surface area contributed by atoms with Crippen LogP contribution < -0.4 is 4.74 Å². The van der Waals surface area contributed by atoms with Crippen LogP contribution in [0, 0.1) is 12.8 Å². The normalized spacial score (nSPS) is 10.4. The zero-order valence-corrected chi connectivity index (χ0v) is 9.28. The minimum Gasteiger partial charge on any atom is -0.493 e. The lowest BCUT2D eigenvalue weighted by Gasteiger charge is -2.10. The number of benzene rings is 1. The Kier molecular flexibility index (Phi) is 3.72. The Labute approximate surface area is 89.7 Å². The van der Waals surface area contributed by atoms with Gasteiger partial charge < -0.3 is 9.84 Å². The van der Waals surface area contributed by atoms with Crippen LogP contribution in [-0.4, -0.2) is 17.7 Å². The largest absolute Gasteiger partial charge is 0.493 e. The van der Waals surface area contributed by atoms with Gasteiger partial charge in [0, 0.05) is 0 Å². The van der Waals surface area contributed by atoms with Crippen molar-refractivity contribution in [2.45, 2.75) is 20.8 Å². The average Bonchev–Trinajstić information content (AvgIpc) is 2.14. The predicted molar refractivity (Wildman–Crippen MR) is 58.5 cm³/mol. The lowest BCUT2D eigenvalue weighted by Crippen LogP contribution is -2.05. The van der Waals surface area contributed by atoms with E-state index in [0.29, 0.717) is 18.1 Å². The number of carboxylic acid groups (broad SMARTS) is 1. The molecule has 0 aliphatic carbocycles. The van der Waals surface area contributed by atoms with Crippen LogP contribution in [0.3, 0.4) is 0 Å². The Hall–Kier alpha value is -1.51. The lowest BCUT2D eigenvalue weighted by atomic mass is 10.1. The van der Waals surface area contributed by atoms with Crippen molar-refractivity contribution in [1.29, 1.82) is 0 Å². The van der Waals surface area contributed by atoms with Crippen molar-refractivity contribution in [3.05, 3.63) is 29.3 Å². The third kappa shape index (κ3) is 3.27. The highest BCUT2D eigenvalue weighted by molar-refractivity contribution is 5.89. The van der Waals surface area contributed by atoms with Crippen molar-refractivity contribution in [2.24, 2.45) is 5.92 Å². The van der Waals surface area contributed by atoms with Crippen LogP contribution in [0.15, 0.2) is 18.2 Å². The van der Waals surface area contributed by atoms with E-state index in [1.807, 2.05) is 0 Å². The molecule has 0 fully saturated rings. The van der Waals surface area contributed by atoms with Gasteiger partial charge in [0.05, 0.1) is 12.2 Å². The van der Waals surface area contributed by atoms with Gasteiger partial charge in [-0.05, 0) is 36.6 Å². The number of aromatic carboxylic acids is 1. The van der Waals surface area contributed by atoms with Gasteiger partial charge in [-0.1, -0.05) is 13.8 Å². The molecular formula is C12H16O3. The number of hydrogen-bond donors (Lipinski definition) is 1. The van der Waals surface area contributed by atoms with Gasteiger partial charge in [0.25, 0.3) is 0 Å². The molecule has 1 aromatic carbocycles. The summed E-state index contributed by atoms with van der Waals surface area (Å²) in [5, 5.41) is 8.83. The first-order valence-electron chi connectivity index (χ1n) is 4.97. The standard InChI is InChI=1S/C12H16O3/c1-8(2)7-15-10-4-5-11(12(13)14)9(3)6-10/h4-6,8H,7H2,1-3H3,(H,13,14). The lowest BCUT2D eigenvalue weighted by molar-refractivity contribution is 0.0696. The maximum atomic E-state index is 10.8. The van der Waals surface area contributed by atoms with Gasteiger partial charge in [-0.25, -0.2) is 4.79 Å². The second kappa shape index (κ2) is 4.82. The molecule has 3 heteroatoms. The monoisotopic (exact) mass is 208 g/mol. The highest BCUT2D eigenvalue weighted by Gasteiger charge is 2.07. The van der Waals surface area contributed by atoms with Gasteiger partial charge in [0.15, 0.2) is 0 Å². The summed E-state index contributed by atoms with van der Waals surface area (Å²) in [5.41, 5.74) is 1.05. The molecule has 1 aromatic rings. The van der Waals surface area contributed by atoms with E-state index in [4.69, 9.17) is 9.84 Å². The molecule has 0 radical (unpaired) electrons. The van der Waals surface area contributed by atoms with E-state index in [1.165, 1.54) is 0 Å². The Morgan fingerprint density at radius 3 is 2.60 bits per heavy atom. The quantitative estimate of drug-likeness (QED) is 0.827. The smallest absolute Gasteiger partial charge is 0.335 e. The third-order valence-corrected chi connectivity index (χ3v) is 2.01. The molecule has 0 aliphatic heterocycles. The van der Waals surface area contributed by atoms with Gasteiger partial charge >= 0.3 is 5.97 Å². The van der Waals surface area contributed by atoms with Crippen molar-refractivity contribution in [2.75, 3.05) is 6.61 Å². The summed E-state index contributed by atoms with van der Waals surface area (Å²) in [5.74, 6) is 0.290. The van der Waals surface area contributed by atoms with Crippen LogP contribution in [0.2, 0.25) is 0 Å². The van der Waals surface area contributed by atoms with Crippen molar-refractivity contribution in [1.82, 2.24) is 0 Å². The van der Waals surface area contributed by atoms with Crippen molar-refractivity contribution in [3.63, 3.8) is 0 Å². The summed E-state index contributed by atoms with van der Waals surface area (Å²) in [6.45, 7) is 6.55. The molecule has 0 aliphatic rings. The number of aryl methyl sites for hydroxylation is 1. The first kappa shape index (κ1) is 11.6. The van der Waals surface area contributed by atoms with E-state index in [-0.39, 0.29) is 0 Å². The van der Waals surface area contributed by atoms with Gasteiger partial charge in [-0.3, -0.25) is 0 Å². The number of carbonyl (C=O) groups is 1. The van der Waals surface area contributed by atoms with E-state index in [0.717, 1.165) is 11.3 Å². The van der Waals surface area contributed by atoms with Crippen LogP contribution in [0.25, 0.3) is 0 Å². The zero-order chi connectivity index (χ0) is 11.4. The summed E-state index contributed by atoms with van der Waals surface area (Å²) in [6, 6.07) is 5.03. The van der Waals surface area contributed by atoms with Crippen LogP contribution in [0.5, 0.6) is 5.75 Å². The molecule has 0 bridgehead atoms. The van der Waals surface area contributed by atoms with E-state index in [1.54, 1.807) is 25.1 Å². The molecule has 15 heavy (non-hydrogen) atoms.